The number of amides is 2. The number of nitrogens with one attached hydrogen (secondary N) is 2. The zero-order chi connectivity index (χ0) is 37.4. The molecule has 288 valence electrons. The highest BCUT2D eigenvalue weighted by atomic mass is 16.5. The quantitative estimate of drug-likeness (QED) is 0.0437. The van der Waals surface area contributed by atoms with Gasteiger partial charge in [0.05, 0.1) is 13.2 Å². The highest BCUT2D eigenvalue weighted by Gasteiger charge is 2.05. The molecule has 0 fully saturated rings. The Bertz CT molecular complexity index is 1650. The van der Waals surface area contributed by atoms with Gasteiger partial charge in [0.25, 0.3) is 0 Å². The fraction of sp³-hybridized carbons (Fsp3) is 0.535. The van der Waals surface area contributed by atoms with Crippen LogP contribution in [-0.2, 0) is 9.59 Å². The maximum absolute atomic E-state index is 12.1. The van der Waals surface area contributed by atoms with Crippen LogP contribution in [0.25, 0.3) is 21.9 Å². The molecule has 2 aromatic carbocycles. The minimum atomic E-state index is -0.358. The Balaban J connectivity index is 0.840. The van der Waals surface area contributed by atoms with Crippen LogP contribution in [0.3, 0.4) is 0 Å². The summed E-state index contributed by atoms with van der Waals surface area (Å²) in [6, 6.07) is 17.5. The third kappa shape index (κ3) is 17.2. The molecule has 0 atom stereocenters. The van der Waals surface area contributed by atoms with Gasteiger partial charge in [-0.3, -0.25) is 9.59 Å². The molecule has 0 spiro atoms. The number of rotatable bonds is 28. The summed E-state index contributed by atoms with van der Waals surface area (Å²) in [4.78, 5) is 47.1. The van der Waals surface area contributed by atoms with Gasteiger partial charge < -0.3 is 28.9 Å². The Morgan fingerprint density at radius 3 is 1.23 bits per heavy atom. The number of benzene rings is 2. The fourth-order valence-electron chi connectivity index (χ4n) is 6.26. The van der Waals surface area contributed by atoms with Crippen molar-refractivity contribution < 1.29 is 27.9 Å². The van der Waals surface area contributed by atoms with Gasteiger partial charge in [0.2, 0.25) is 11.8 Å². The van der Waals surface area contributed by atoms with Crippen LogP contribution in [-0.4, -0.2) is 38.1 Å². The molecular weight excluding hydrogens is 672 g/mol. The standard InChI is InChI=1S/C43H58N2O8/c46-40(18-13-9-5-1-3-7-11-15-30-50-36-24-20-34-22-26-42(48)52-38(34)32-36)44-28-17-29-45-41(47)19-14-10-6-2-4-8-12-16-31-51-37-25-21-35-23-27-43(49)53-39(35)33-37/h20-27,32-33H,1-19,28-31H2,(H,44,46)(H,45,47). The molecule has 2 heterocycles. The fourth-order valence-corrected chi connectivity index (χ4v) is 6.26. The lowest BCUT2D eigenvalue weighted by Crippen LogP contribution is -2.29. The summed E-state index contributed by atoms with van der Waals surface area (Å²) < 4.78 is 22.1. The van der Waals surface area contributed by atoms with Crippen LogP contribution in [0.1, 0.15) is 122 Å². The lowest BCUT2D eigenvalue weighted by molar-refractivity contribution is -0.121. The third-order valence-electron chi connectivity index (χ3n) is 9.32. The highest BCUT2D eigenvalue weighted by Crippen LogP contribution is 2.21. The van der Waals surface area contributed by atoms with Crippen LogP contribution >= 0.6 is 0 Å². The van der Waals surface area contributed by atoms with Gasteiger partial charge in [0.1, 0.15) is 22.7 Å². The van der Waals surface area contributed by atoms with Crippen LogP contribution in [0.4, 0.5) is 0 Å². The minimum absolute atomic E-state index is 0.0940. The van der Waals surface area contributed by atoms with Gasteiger partial charge in [0.15, 0.2) is 0 Å². The van der Waals surface area contributed by atoms with Gasteiger partial charge in [-0.1, -0.05) is 77.0 Å². The summed E-state index contributed by atoms with van der Waals surface area (Å²) in [5.41, 5.74) is 0.374. The van der Waals surface area contributed by atoms with E-state index < -0.39 is 0 Å². The third-order valence-corrected chi connectivity index (χ3v) is 9.32. The Hall–Kier alpha value is -4.60. The van der Waals surface area contributed by atoms with Crippen LogP contribution in [0.2, 0.25) is 0 Å². The molecule has 2 aromatic heterocycles. The molecule has 0 radical (unpaired) electrons. The monoisotopic (exact) mass is 730 g/mol. The van der Waals surface area contributed by atoms with E-state index in [4.69, 9.17) is 18.3 Å². The van der Waals surface area contributed by atoms with Crippen molar-refractivity contribution in [2.75, 3.05) is 26.3 Å². The first-order valence-electron chi connectivity index (χ1n) is 19.8. The molecule has 0 saturated carbocycles. The average molecular weight is 731 g/mol. The number of ether oxygens (including phenoxy) is 2. The zero-order valence-corrected chi connectivity index (χ0v) is 31.3. The molecule has 2 N–H and O–H groups in total. The predicted octanol–water partition coefficient (Wildman–Crippen LogP) is 9.00. The normalized spacial score (nSPS) is 11.2. The minimum Gasteiger partial charge on any atom is -0.493 e. The van der Waals surface area contributed by atoms with E-state index in [1.807, 2.05) is 24.3 Å². The van der Waals surface area contributed by atoms with Crippen molar-refractivity contribution in [1.29, 1.82) is 0 Å². The van der Waals surface area contributed by atoms with Gasteiger partial charge in [-0.2, -0.15) is 0 Å². The molecule has 53 heavy (non-hydrogen) atoms. The van der Waals surface area contributed by atoms with E-state index in [0.29, 0.717) is 50.3 Å². The Kier molecular flexibility index (Phi) is 19.1. The van der Waals surface area contributed by atoms with Crippen LogP contribution in [0.5, 0.6) is 11.5 Å². The molecule has 0 aliphatic carbocycles. The van der Waals surface area contributed by atoms with Crippen LogP contribution in [0.15, 0.2) is 79.1 Å². The topological polar surface area (TPSA) is 137 Å². The molecule has 0 aliphatic rings. The van der Waals surface area contributed by atoms with Crippen molar-refractivity contribution in [3.05, 3.63) is 81.5 Å². The number of fused-ring (bicyclic) bond motifs is 2. The first-order valence-corrected chi connectivity index (χ1v) is 19.8. The second kappa shape index (κ2) is 24.6. The molecule has 4 aromatic rings. The van der Waals surface area contributed by atoms with Crippen LogP contribution < -0.4 is 31.4 Å². The Morgan fingerprint density at radius 2 is 0.811 bits per heavy atom. The SMILES string of the molecule is O=C(CCCCCCCCCCOc1ccc2ccc(=O)oc2c1)NCCCNC(=O)CCCCCCCCCCOc1ccc2ccc(=O)oc2c1. The number of hydrogen-bond donors (Lipinski definition) is 2. The van der Waals surface area contributed by atoms with Gasteiger partial charge in [-0.15, -0.1) is 0 Å². The van der Waals surface area contributed by atoms with Crippen molar-refractivity contribution in [1.82, 2.24) is 10.6 Å². The maximum Gasteiger partial charge on any atom is 0.336 e. The summed E-state index contributed by atoms with van der Waals surface area (Å²) in [6.07, 6.45) is 19.4. The molecule has 10 nitrogen and oxygen atoms in total. The second-order valence-corrected chi connectivity index (χ2v) is 13.8. The van der Waals surface area contributed by atoms with Crippen molar-refractivity contribution >= 4 is 33.8 Å². The van der Waals surface area contributed by atoms with Gasteiger partial charge in [-0.05, 0) is 68.5 Å². The number of carbonyl (C=O) groups excluding carboxylic acids is 2. The van der Waals surface area contributed by atoms with E-state index >= 15 is 0 Å². The zero-order valence-electron chi connectivity index (χ0n) is 31.3. The van der Waals surface area contributed by atoms with Crippen molar-refractivity contribution in [2.45, 2.75) is 122 Å². The van der Waals surface area contributed by atoms with Gasteiger partial charge in [-0.25, -0.2) is 9.59 Å². The van der Waals surface area contributed by atoms with E-state index in [0.717, 1.165) is 92.9 Å². The van der Waals surface area contributed by atoms with Crippen molar-refractivity contribution in [3.8, 4) is 11.5 Å². The molecule has 0 bridgehead atoms. The van der Waals surface area contributed by atoms with E-state index in [2.05, 4.69) is 10.6 Å². The Labute approximate surface area is 313 Å². The number of carbonyl (C=O) groups is 2. The molecule has 4 rings (SSSR count). The van der Waals surface area contributed by atoms with E-state index in [9.17, 15) is 19.2 Å². The Morgan fingerprint density at radius 1 is 0.453 bits per heavy atom. The highest BCUT2D eigenvalue weighted by molar-refractivity contribution is 5.78. The molecular formula is C43H58N2O8. The summed E-state index contributed by atoms with van der Waals surface area (Å²) in [5, 5.41) is 7.70. The van der Waals surface area contributed by atoms with Crippen LogP contribution in [0, 0.1) is 0 Å². The van der Waals surface area contributed by atoms with Gasteiger partial charge >= 0.3 is 11.3 Å². The first-order chi connectivity index (χ1) is 26.0. The van der Waals surface area contributed by atoms with Crippen molar-refractivity contribution in [3.63, 3.8) is 0 Å². The number of hydrogen-bond acceptors (Lipinski definition) is 8. The van der Waals surface area contributed by atoms with E-state index in [-0.39, 0.29) is 23.1 Å². The predicted molar refractivity (Wildman–Crippen MR) is 210 cm³/mol. The summed E-state index contributed by atoms with van der Waals surface area (Å²) in [5.74, 6) is 1.63. The summed E-state index contributed by atoms with van der Waals surface area (Å²) >= 11 is 0. The van der Waals surface area contributed by atoms with Crippen molar-refractivity contribution in [2.24, 2.45) is 0 Å². The molecule has 0 saturated heterocycles. The van der Waals surface area contributed by atoms with E-state index in [1.54, 1.807) is 24.3 Å². The summed E-state index contributed by atoms with van der Waals surface area (Å²) in [6.45, 7) is 2.47. The number of unbranched alkanes of at least 4 members (excludes halogenated alkanes) is 14. The molecule has 0 unspecified atom stereocenters. The average Bonchev–Trinajstić information content (AvgIpc) is 3.15. The second-order valence-electron chi connectivity index (χ2n) is 13.8. The largest absolute Gasteiger partial charge is 0.493 e. The lowest BCUT2D eigenvalue weighted by Gasteiger charge is -2.08. The van der Waals surface area contributed by atoms with E-state index in [1.165, 1.54) is 50.7 Å². The molecule has 2 amide bonds. The molecule has 10 heteroatoms. The summed E-state index contributed by atoms with van der Waals surface area (Å²) in [7, 11) is 0. The maximum atomic E-state index is 12.1. The first kappa shape index (κ1) is 41.2. The lowest BCUT2D eigenvalue weighted by atomic mass is 10.1. The van der Waals surface area contributed by atoms with Gasteiger partial charge in [0, 0.05) is 61.0 Å². The smallest absolute Gasteiger partial charge is 0.336 e. The molecule has 0 aliphatic heterocycles.